The fourth-order valence-corrected chi connectivity index (χ4v) is 1.36. The summed E-state index contributed by atoms with van der Waals surface area (Å²) in [5.74, 6) is -1.40. The highest BCUT2D eigenvalue weighted by Crippen LogP contribution is 2.13. The summed E-state index contributed by atoms with van der Waals surface area (Å²) in [5, 5.41) is 8.41. The zero-order valence-electron chi connectivity index (χ0n) is 8.25. The van der Waals surface area contributed by atoms with Crippen LogP contribution in [0.3, 0.4) is 0 Å². The lowest BCUT2D eigenvalue weighted by Crippen LogP contribution is -2.17. The van der Waals surface area contributed by atoms with Crippen molar-refractivity contribution >= 4 is 5.97 Å². The van der Waals surface area contributed by atoms with Crippen molar-refractivity contribution in [1.29, 1.82) is 0 Å². The largest absolute Gasteiger partial charge is 0.479 e. The van der Waals surface area contributed by atoms with E-state index in [-0.39, 0.29) is 6.42 Å². The zero-order valence-corrected chi connectivity index (χ0v) is 8.25. The molecular formula is C11H13FO2. The van der Waals surface area contributed by atoms with Crippen LogP contribution >= 0.6 is 0 Å². The lowest BCUT2D eigenvalue weighted by atomic mass is 10.0. The summed E-state index contributed by atoms with van der Waals surface area (Å²) in [7, 11) is 0. The number of hydrogen-bond donors (Lipinski definition) is 1. The Bertz CT molecular complexity index is 347. The van der Waals surface area contributed by atoms with Crippen LogP contribution < -0.4 is 0 Å². The highest BCUT2D eigenvalue weighted by molar-refractivity contribution is 5.72. The second-order valence-electron chi connectivity index (χ2n) is 3.44. The van der Waals surface area contributed by atoms with Gasteiger partial charge in [0.05, 0.1) is 0 Å². The number of rotatable bonds is 3. The number of aryl methyl sites for hydroxylation is 2. The molecule has 3 heteroatoms. The fraction of sp³-hybridized carbons (Fsp3) is 0.364. The highest BCUT2D eigenvalue weighted by atomic mass is 19.1. The average Bonchev–Trinajstić information content (AvgIpc) is 2.09. The third-order valence-electron chi connectivity index (χ3n) is 2.17. The molecule has 1 atom stereocenters. The molecule has 0 amide bonds. The van der Waals surface area contributed by atoms with Gasteiger partial charge in [-0.05, 0) is 25.0 Å². The molecule has 1 aromatic rings. The van der Waals surface area contributed by atoms with E-state index in [2.05, 4.69) is 0 Å². The van der Waals surface area contributed by atoms with E-state index in [1.807, 2.05) is 26.0 Å². The monoisotopic (exact) mass is 196 g/mol. The van der Waals surface area contributed by atoms with Crippen LogP contribution in [-0.2, 0) is 11.2 Å². The number of halogens is 1. The third kappa shape index (κ3) is 2.55. The van der Waals surface area contributed by atoms with E-state index >= 15 is 0 Å². The van der Waals surface area contributed by atoms with Crippen molar-refractivity contribution in [2.45, 2.75) is 26.4 Å². The average molecular weight is 196 g/mol. The summed E-state index contributed by atoms with van der Waals surface area (Å²) >= 11 is 0. The molecule has 1 rings (SSSR count). The van der Waals surface area contributed by atoms with Crippen molar-refractivity contribution in [2.75, 3.05) is 0 Å². The van der Waals surface area contributed by atoms with Crippen molar-refractivity contribution < 1.29 is 14.3 Å². The van der Waals surface area contributed by atoms with Gasteiger partial charge in [-0.15, -0.1) is 0 Å². The van der Waals surface area contributed by atoms with E-state index in [0.717, 1.165) is 16.7 Å². The molecule has 0 fully saturated rings. The summed E-state index contributed by atoms with van der Waals surface area (Å²) in [4.78, 5) is 10.3. The van der Waals surface area contributed by atoms with Crippen LogP contribution in [-0.4, -0.2) is 17.2 Å². The Kier molecular flexibility index (Phi) is 3.23. The Morgan fingerprint density at radius 3 is 2.64 bits per heavy atom. The first-order valence-corrected chi connectivity index (χ1v) is 4.43. The highest BCUT2D eigenvalue weighted by Gasteiger charge is 2.16. The van der Waals surface area contributed by atoms with Crippen LogP contribution in [0.2, 0.25) is 0 Å². The van der Waals surface area contributed by atoms with Gasteiger partial charge >= 0.3 is 5.97 Å². The smallest absolute Gasteiger partial charge is 0.338 e. The minimum Gasteiger partial charge on any atom is -0.479 e. The van der Waals surface area contributed by atoms with Crippen LogP contribution in [0.25, 0.3) is 0 Å². The zero-order chi connectivity index (χ0) is 10.7. The van der Waals surface area contributed by atoms with Gasteiger partial charge in [-0.25, -0.2) is 9.18 Å². The number of carbonyl (C=O) groups is 1. The second-order valence-corrected chi connectivity index (χ2v) is 3.44. The molecule has 0 aliphatic heterocycles. The molecule has 0 aliphatic carbocycles. The molecule has 0 spiro atoms. The van der Waals surface area contributed by atoms with Gasteiger partial charge in [0.1, 0.15) is 0 Å². The molecule has 14 heavy (non-hydrogen) atoms. The van der Waals surface area contributed by atoms with Gasteiger partial charge < -0.3 is 5.11 Å². The Hall–Kier alpha value is -1.38. The number of aliphatic carboxylic acids is 1. The normalized spacial score (nSPS) is 12.5. The summed E-state index contributed by atoms with van der Waals surface area (Å²) in [5.41, 5.74) is 2.79. The van der Waals surface area contributed by atoms with Gasteiger partial charge in [-0.1, -0.05) is 23.8 Å². The van der Waals surface area contributed by atoms with Crippen LogP contribution in [0.4, 0.5) is 4.39 Å². The van der Waals surface area contributed by atoms with E-state index in [1.54, 1.807) is 6.07 Å². The standard InChI is InChI=1S/C11H13FO2/c1-7-3-4-9(8(2)5-7)6-10(12)11(13)14/h3-5,10H,6H2,1-2H3,(H,13,14). The maximum atomic E-state index is 12.9. The maximum absolute atomic E-state index is 12.9. The lowest BCUT2D eigenvalue weighted by molar-refractivity contribution is -0.142. The van der Waals surface area contributed by atoms with Gasteiger partial charge in [0.25, 0.3) is 0 Å². The van der Waals surface area contributed by atoms with Crippen LogP contribution in [0, 0.1) is 13.8 Å². The minimum atomic E-state index is -1.81. The predicted molar refractivity (Wildman–Crippen MR) is 52.2 cm³/mol. The van der Waals surface area contributed by atoms with E-state index in [4.69, 9.17) is 5.11 Å². The maximum Gasteiger partial charge on any atom is 0.338 e. The predicted octanol–water partition coefficient (Wildman–Crippen LogP) is 2.27. The number of alkyl halides is 1. The van der Waals surface area contributed by atoms with Gasteiger partial charge in [-0.3, -0.25) is 0 Å². The Morgan fingerprint density at radius 2 is 2.14 bits per heavy atom. The molecule has 76 valence electrons. The molecular weight excluding hydrogens is 183 g/mol. The summed E-state index contributed by atoms with van der Waals surface area (Å²) in [6.07, 6.45) is -1.86. The summed E-state index contributed by atoms with van der Waals surface area (Å²) in [6.45, 7) is 3.80. The first-order valence-electron chi connectivity index (χ1n) is 4.43. The van der Waals surface area contributed by atoms with Gasteiger partial charge in [0.15, 0.2) is 0 Å². The van der Waals surface area contributed by atoms with Crippen molar-refractivity contribution in [3.05, 3.63) is 34.9 Å². The SMILES string of the molecule is Cc1ccc(CC(F)C(=O)O)c(C)c1. The molecule has 1 unspecified atom stereocenters. The summed E-state index contributed by atoms with van der Waals surface area (Å²) in [6, 6.07) is 5.56. The Labute approximate surface area is 82.4 Å². The number of carboxylic acid groups (broad SMARTS) is 1. The van der Waals surface area contributed by atoms with Crippen LogP contribution in [0.1, 0.15) is 16.7 Å². The van der Waals surface area contributed by atoms with Gasteiger partial charge in [0.2, 0.25) is 6.17 Å². The second kappa shape index (κ2) is 4.22. The molecule has 0 saturated heterocycles. The Morgan fingerprint density at radius 1 is 1.50 bits per heavy atom. The third-order valence-corrected chi connectivity index (χ3v) is 2.17. The van der Waals surface area contributed by atoms with Crippen molar-refractivity contribution in [3.63, 3.8) is 0 Å². The number of carboxylic acids is 1. The molecule has 0 saturated carbocycles. The molecule has 0 heterocycles. The molecule has 2 nitrogen and oxygen atoms in total. The Balaban J connectivity index is 2.82. The topological polar surface area (TPSA) is 37.3 Å². The van der Waals surface area contributed by atoms with E-state index in [0.29, 0.717) is 0 Å². The van der Waals surface area contributed by atoms with Gasteiger partial charge in [0, 0.05) is 6.42 Å². The minimum absolute atomic E-state index is 0.0541. The molecule has 0 aliphatic rings. The van der Waals surface area contributed by atoms with Gasteiger partial charge in [-0.2, -0.15) is 0 Å². The molecule has 1 aromatic carbocycles. The molecule has 0 bridgehead atoms. The van der Waals surface area contributed by atoms with E-state index < -0.39 is 12.1 Å². The fourth-order valence-electron chi connectivity index (χ4n) is 1.36. The summed E-state index contributed by atoms with van der Waals surface area (Å²) < 4.78 is 12.9. The molecule has 0 aromatic heterocycles. The van der Waals surface area contributed by atoms with Crippen molar-refractivity contribution in [3.8, 4) is 0 Å². The lowest BCUT2D eigenvalue weighted by Gasteiger charge is -2.07. The molecule has 1 N–H and O–H groups in total. The molecule has 0 radical (unpaired) electrons. The van der Waals surface area contributed by atoms with Crippen LogP contribution in [0.15, 0.2) is 18.2 Å². The van der Waals surface area contributed by atoms with Crippen LogP contribution in [0.5, 0.6) is 0 Å². The van der Waals surface area contributed by atoms with E-state index in [9.17, 15) is 9.18 Å². The quantitative estimate of drug-likeness (QED) is 0.805. The van der Waals surface area contributed by atoms with Crippen molar-refractivity contribution in [2.24, 2.45) is 0 Å². The first-order chi connectivity index (χ1) is 6.50. The van der Waals surface area contributed by atoms with Crippen molar-refractivity contribution in [1.82, 2.24) is 0 Å². The number of benzene rings is 1. The van der Waals surface area contributed by atoms with E-state index in [1.165, 1.54) is 0 Å². The first kappa shape index (κ1) is 10.7. The number of hydrogen-bond acceptors (Lipinski definition) is 1.